The summed E-state index contributed by atoms with van der Waals surface area (Å²) in [7, 11) is 0. The molecule has 35 heavy (non-hydrogen) atoms. The van der Waals surface area contributed by atoms with Crippen LogP contribution in [0.5, 0.6) is 17.4 Å². The first kappa shape index (κ1) is 25.7. The fraction of sp³-hybridized carbons (Fsp3) is 0.448. The summed E-state index contributed by atoms with van der Waals surface area (Å²) in [5.74, 6) is 1.76. The number of phenolic OH excluding ortho intramolecular Hbond substituents is 1. The first-order valence-corrected chi connectivity index (χ1v) is 12.1. The number of aryl methyl sites for hydroxylation is 1. The van der Waals surface area contributed by atoms with Gasteiger partial charge in [-0.05, 0) is 48.9 Å². The third-order valence-corrected chi connectivity index (χ3v) is 7.01. The van der Waals surface area contributed by atoms with E-state index < -0.39 is 0 Å². The van der Waals surface area contributed by atoms with Gasteiger partial charge in [0.05, 0.1) is 6.04 Å². The molecule has 5 rings (SSSR count). The van der Waals surface area contributed by atoms with E-state index in [0.717, 1.165) is 34.9 Å². The van der Waals surface area contributed by atoms with Gasteiger partial charge in [-0.1, -0.05) is 58.7 Å². The van der Waals surface area contributed by atoms with Crippen LogP contribution >= 0.6 is 0 Å². The van der Waals surface area contributed by atoms with Crippen molar-refractivity contribution in [1.29, 1.82) is 0 Å². The van der Waals surface area contributed by atoms with Crippen LogP contribution in [0.2, 0.25) is 0 Å². The second-order valence-electron chi connectivity index (χ2n) is 11.4. The van der Waals surface area contributed by atoms with Crippen LogP contribution in [-0.4, -0.2) is 28.1 Å². The summed E-state index contributed by atoms with van der Waals surface area (Å²) in [6.45, 7) is 13.0. The van der Waals surface area contributed by atoms with Gasteiger partial charge in [-0.25, -0.2) is 4.98 Å². The Morgan fingerprint density at radius 2 is 1.91 bits per heavy atom. The zero-order valence-electron chi connectivity index (χ0n) is 21.2. The number of aliphatic imine (C=N–C) groups is 1. The van der Waals surface area contributed by atoms with Crippen LogP contribution < -0.4 is 4.74 Å². The van der Waals surface area contributed by atoms with Crippen LogP contribution in [0.4, 0.5) is 0 Å². The summed E-state index contributed by atoms with van der Waals surface area (Å²) in [5.41, 5.74) is 3.43. The number of aromatic hydroxyl groups is 1. The van der Waals surface area contributed by atoms with Crippen LogP contribution in [0.1, 0.15) is 70.6 Å². The van der Waals surface area contributed by atoms with Gasteiger partial charge in [0.2, 0.25) is 5.88 Å². The van der Waals surface area contributed by atoms with E-state index in [1.54, 1.807) is 6.07 Å². The number of hydrogen-bond acceptors (Lipinski definition) is 5. The molecule has 6 heteroatoms. The van der Waals surface area contributed by atoms with Gasteiger partial charge in [-0.3, -0.25) is 4.99 Å². The molecule has 0 unspecified atom stereocenters. The predicted octanol–water partition coefficient (Wildman–Crippen LogP) is 6.86. The van der Waals surface area contributed by atoms with Crippen molar-refractivity contribution in [3.05, 3.63) is 59.2 Å². The Balaban J connectivity index is 0.00000289. The molecule has 1 saturated carbocycles. The second-order valence-corrected chi connectivity index (χ2v) is 11.4. The number of rotatable bonds is 3. The van der Waals surface area contributed by atoms with Gasteiger partial charge in [0, 0.05) is 43.7 Å². The molecule has 1 aliphatic heterocycles. The number of pyridine rings is 1. The SMILES string of the molecule is Cc1cc(O)c2nc(Oc3[c-]c(C4=N[C@H]5CCCC(C)(C)[C@H]5O4)cc(C(C)(C)C)c3)ccc2c1.[Pt]. The number of hydrogen-bond donors (Lipinski definition) is 1. The fourth-order valence-electron chi connectivity index (χ4n) is 5.05. The summed E-state index contributed by atoms with van der Waals surface area (Å²) in [6.07, 6.45) is 3.48. The molecule has 3 aromatic rings. The third-order valence-electron chi connectivity index (χ3n) is 7.01. The van der Waals surface area contributed by atoms with Gasteiger partial charge in [0.1, 0.15) is 23.3 Å². The van der Waals surface area contributed by atoms with Gasteiger partial charge in [0.15, 0.2) is 0 Å². The second kappa shape index (κ2) is 9.24. The molecular weight excluding hydrogens is 619 g/mol. The monoisotopic (exact) mass is 652 g/mol. The molecule has 0 amide bonds. The third kappa shape index (κ3) is 5.11. The van der Waals surface area contributed by atoms with Crippen LogP contribution in [0.25, 0.3) is 10.9 Å². The Morgan fingerprint density at radius 1 is 1.14 bits per heavy atom. The average Bonchev–Trinajstić information content (AvgIpc) is 3.19. The molecule has 0 radical (unpaired) electrons. The average molecular weight is 653 g/mol. The minimum absolute atomic E-state index is 0. The van der Waals surface area contributed by atoms with Gasteiger partial charge in [-0.2, -0.15) is 0 Å². The molecule has 2 aromatic carbocycles. The number of phenols is 1. The summed E-state index contributed by atoms with van der Waals surface area (Å²) >= 11 is 0. The van der Waals surface area contributed by atoms with Gasteiger partial charge in [0.25, 0.3) is 0 Å². The predicted molar refractivity (Wildman–Crippen MR) is 135 cm³/mol. The maximum Gasteiger partial charge on any atom is 0.217 e. The van der Waals surface area contributed by atoms with Crippen molar-refractivity contribution in [2.24, 2.45) is 10.4 Å². The van der Waals surface area contributed by atoms with Crippen LogP contribution in [-0.2, 0) is 31.2 Å². The van der Waals surface area contributed by atoms with Crippen LogP contribution in [0.15, 0.2) is 41.4 Å². The molecule has 1 N–H and O–H groups in total. The summed E-state index contributed by atoms with van der Waals surface area (Å²) in [4.78, 5) is 9.52. The number of fused-ring (bicyclic) bond motifs is 2. The van der Waals surface area contributed by atoms with Crippen molar-refractivity contribution in [2.45, 2.75) is 78.4 Å². The molecule has 1 fully saturated rings. The largest absolute Gasteiger partial charge is 0.514 e. The first-order chi connectivity index (χ1) is 16.0. The normalized spacial score (nSPS) is 21.0. The Morgan fingerprint density at radius 3 is 2.63 bits per heavy atom. The summed E-state index contributed by atoms with van der Waals surface area (Å²) < 4.78 is 12.6. The minimum atomic E-state index is -0.0975. The minimum Gasteiger partial charge on any atom is -0.514 e. The van der Waals surface area contributed by atoms with E-state index in [2.05, 4.69) is 51.7 Å². The molecule has 0 spiro atoms. The van der Waals surface area contributed by atoms with Crippen LogP contribution in [0, 0.1) is 18.4 Å². The van der Waals surface area contributed by atoms with Crippen molar-refractivity contribution in [3.8, 4) is 17.4 Å². The Kier molecular flexibility index (Phi) is 6.78. The van der Waals surface area contributed by atoms with E-state index in [1.165, 1.54) is 6.42 Å². The van der Waals surface area contributed by atoms with Gasteiger partial charge in [-0.15, -0.1) is 11.6 Å². The van der Waals surface area contributed by atoms with E-state index in [4.69, 9.17) is 14.5 Å². The molecule has 1 aromatic heterocycles. The Bertz CT molecular complexity index is 1290. The van der Waals surface area contributed by atoms with E-state index in [0.29, 0.717) is 23.0 Å². The van der Waals surface area contributed by atoms with Crippen molar-refractivity contribution in [1.82, 2.24) is 4.98 Å². The number of aromatic nitrogens is 1. The van der Waals surface area contributed by atoms with Crippen molar-refractivity contribution in [2.75, 3.05) is 0 Å². The van der Waals surface area contributed by atoms with E-state index >= 15 is 0 Å². The molecule has 0 saturated heterocycles. The maximum absolute atomic E-state index is 10.4. The molecule has 2 aliphatic rings. The van der Waals surface area contributed by atoms with Gasteiger partial charge < -0.3 is 14.6 Å². The molecule has 0 bridgehead atoms. The van der Waals surface area contributed by atoms with E-state index in [1.807, 2.05) is 31.2 Å². The van der Waals surface area contributed by atoms with Crippen molar-refractivity contribution < 1.29 is 35.6 Å². The molecular formula is C29H33N2O3Pt-. The quantitative estimate of drug-likeness (QED) is 0.314. The smallest absolute Gasteiger partial charge is 0.217 e. The van der Waals surface area contributed by atoms with Gasteiger partial charge >= 0.3 is 0 Å². The molecule has 2 atom stereocenters. The van der Waals surface area contributed by atoms with Crippen molar-refractivity contribution >= 4 is 16.8 Å². The molecule has 188 valence electrons. The number of nitrogens with zero attached hydrogens (tertiary/aromatic N) is 2. The van der Waals surface area contributed by atoms with E-state index in [9.17, 15) is 5.11 Å². The number of benzene rings is 2. The Labute approximate surface area is 222 Å². The van der Waals surface area contributed by atoms with E-state index in [-0.39, 0.29) is 49.8 Å². The molecule has 2 heterocycles. The Hall–Kier alpha value is -2.39. The topological polar surface area (TPSA) is 63.9 Å². The fourth-order valence-corrected chi connectivity index (χ4v) is 5.05. The number of ether oxygens (including phenoxy) is 2. The summed E-state index contributed by atoms with van der Waals surface area (Å²) in [6, 6.07) is 15.1. The zero-order valence-corrected chi connectivity index (χ0v) is 23.5. The maximum atomic E-state index is 10.4. The molecule has 1 aliphatic carbocycles. The standard InChI is InChI=1S/C29H33N2O3.Pt/c1-17-12-18-9-10-24(31-25(18)23(32)13-17)33-21-15-19(14-20(16-21)28(2,3)4)27-30-22-8-7-11-29(5,6)26(22)34-27;/h9-10,12-14,16,22,26,32H,7-8,11H2,1-6H3;/q-1;/t22-,26-;/m0./s1. The van der Waals surface area contributed by atoms with Crippen LogP contribution in [0.3, 0.4) is 0 Å². The summed E-state index contributed by atoms with van der Waals surface area (Å²) in [5, 5.41) is 11.2. The first-order valence-electron chi connectivity index (χ1n) is 12.1. The molecule has 5 nitrogen and oxygen atoms in total. The zero-order chi connectivity index (χ0) is 24.3. The van der Waals surface area contributed by atoms with Crippen molar-refractivity contribution in [3.63, 3.8) is 0 Å².